The van der Waals surface area contributed by atoms with Crippen molar-refractivity contribution >= 4 is 17.5 Å². The van der Waals surface area contributed by atoms with Crippen LogP contribution in [0.25, 0.3) is 0 Å². The summed E-state index contributed by atoms with van der Waals surface area (Å²) in [6.45, 7) is 2.75. The largest absolute Gasteiger partial charge is 0.340 e. The van der Waals surface area contributed by atoms with Crippen LogP contribution in [-0.2, 0) is 0 Å². The molecule has 2 aromatic rings. The summed E-state index contributed by atoms with van der Waals surface area (Å²) < 4.78 is 0. The fourth-order valence-electron chi connectivity index (χ4n) is 2.11. The Bertz CT molecular complexity index is 671. The number of aromatic nitrogens is 1. The molecule has 0 aliphatic rings. The molecule has 0 atom stereocenters. The summed E-state index contributed by atoms with van der Waals surface area (Å²) in [5.41, 5.74) is 1.41. The minimum absolute atomic E-state index is 0.173. The highest BCUT2D eigenvalue weighted by Gasteiger charge is 2.15. The Morgan fingerprint density at radius 1 is 1.17 bits per heavy atom. The van der Waals surface area contributed by atoms with Gasteiger partial charge in [-0.1, -0.05) is 31.5 Å². The molecule has 0 saturated carbocycles. The van der Waals surface area contributed by atoms with Crippen LogP contribution in [0.4, 0.5) is 5.69 Å². The lowest BCUT2D eigenvalue weighted by molar-refractivity contribution is 0.0787. The van der Waals surface area contributed by atoms with Gasteiger partial charge in [0.05, 0.1) is 0 Å². The van der Waals surface area contributed by atoms with Crippen molar-refractivity contribution in [2.24, 2.45) is 0 Å². The molecule has 0 aliphatic heterocycles. The first-order valence-corrected chi connectivity index (χ1v) is 7.69. The molecule has 5 heteroatoms. The van der Waals surface area contributed by atoms with Gasteiger partial charge in [-0.05, 0) is 30.7 Å². The fourth-order valence-corrected chi connectivity index (χ4v) is 2.11. The second kappa shape index (κ2) is 8.08. The number of benzene rings is 1. The van der Waals surface area contributed by atoms with E-state index < -0.39 is 0 Å². The van der Waals surface area contributed by atoms with Gasteiger partial charge in [-0.2, -0.15) is 0 Å². The van der Waals surface area contributed by atoms with Gasteiger partial charge < -0.3 is 10.2 Å². The first-order valence-electron chi connectivity index (χ1n) is 7.69. The Morgan fingerprint density at radius 3 is 2.61 bits per heavy atom. The van der Waals surface area contributed by atoms with Crippen LogP contribution in [0.3, 0.4) is 0 Å². The molecule has 1 aromatic heterocycles. The Morgan fingerprint density at radius 2 is 1.91 bits per heavy atom. The van der Waals surface area contributed by atoms with E-state index in [2.05, 4.69) is 17.2 Å². The normalized spacial score (nSPS) is 10.2. The topological polar surface area (TPSA) is 62.3 Å². The molecule has 0 saturated heterocycles. The number of pyridine rings is 1. The number of hydrogen-bond acceptors (Lipinski definition) is 3. The summed E-state index contributed by atoms with van der Waals surface area (Å²) in [5.74, 6) is -0.434. The first-order chi connectivity index (χ1) is 11.1. The molecular formula is C18H21N3O2. The van der Waals surface area contributed by atoms with Gasteiger partial charge in [-0.3, -0.25) is 14.6 Å². The predicted molar refractivity (Wildman–Crippen MR) is 90.5 cm³/mol. The zero-order valence-electron chi connectivity index (χ0n) is 13.5. The standard InChI is InChI=1S/C18H21N3O2/c1-3-4-12-21(2)18(23)16-13-14(10-11-19-16)17(22)20-15-8-6-5-7-9-15/h5-11,13H,3-4,12H2,1-2H3,(H,20,22). The average Bonchev–Trinajstić information content (AvgIpc) is 2.60. The van der Waals surface area contributed by atoms with Gasteiger partial charge in [-0.15, -0.1) is 0 Å². The zero-order chi connectivity index (χ0) is 16.7. The van der Waals surface area contributed by atoms with Crippen LogP contribution in [0, 0.1) is 0 Å². The minimum Gasteiger partial charge on any atom is -0.340 e. The van der Waals surface area contributed by atoms with Gasteiger partial charge in [0.25, 0.3) is 11.8 Å². The molecule has 1 heterocycles. The summed E-state index contributed by atoms with van der Waals surface area (Å²) in [6, 6.07) is 12.3. The number of amides is 2. The monoisotopic (exact) mass is 311 g/mol. The van der Waals surface area contributed by atoms with Crippen molar-refractivity contribution in [3.05, 3.63) is 59.9 Å². The van der Waals surface area contributed by atoms with E-state index in [1.807, 2.05) is 30.3 Å². The predicted octanol–water partition coefficient (Wildman–Crippen LogP) is 3.21. The summed E-state index contributed by atoms with van der Waals surface area (Å²) >= 11 is 0. The molecule has 23 heavy (non-hydrogen) atoms. The van der Waals surface area contributed by atoms with E-state index >= 15 is 0 Å². The van der Waals surface area contributed by atoms with Crippen molar-refractivity contribution in [1.29, 1.82) is 0 Å². The second-order valence-electron chi connectivity index (χ2n) is 5.33. The Kier molecular flexibility index (Phi) is 5.86. The van der Waals surface area contributed by atoms with E-state index in [1.165, 1.54) is 12.3 Å². The van der Waals surface area contributed by atoms with Gasteiger partial charge >= 0.3 is 0 Å². The third kappa shape index (κ3) is 4.64. The second-order valence-corrected chi connectivity index (χ2v) is 5.33. The smallest absolute Gasteiger partial charge is 0.272 e. The third-order valence-corrected chi connectivity index (χ3v) is 3.47. The van der Waals surface area contributed by atoms with Crippen LogP contribution in [-0.4, -0.2) is 35.3 Å². The highest BCUT2D eigenvalue weighted by molar-refractivity contribution is 6.05. The molecule has 2 rings (SSSR count). The van der Waals surface area contributed by atoms with Crippen LogP contribution in [0.2, 0.25) is 0 Å². The molecule has 5 nitrogen and oxygen atoms in total. The van der Waals surface area contributed by atoms with Crippen molar-refractivity contribution in [2.45, 2.75) is 19.8 Å². The van der Waals surface area contributed by atoms with Crippen molar-refractivity contribution in [3.63, 3.8) is 0 Å². The van der Waals surface area contributed by atoms with Crippen LogP contribution in [0.15, 0.2) is 48.7 Å². The van der Waals surface area contributed by atoms with E-state index in [0.29, 0.717) is 17.8 Å². The number of rotatable bonds is 6. The van der Waals surface area contributed by atoms with E-state index in [4.69, 9.17) is 0 Å². The third-order valence-electron chi connectivity index (χ3n) is 3.47. The number of nitrogens with zero attached hydrogens (tertiary/aromatic N) is 2. The zero-order valence-corrected chi connectivity index (χ0v) is 13.5. The van der Waals surface area contributed by atoms with Gasteiger partial charge in [-0.25, -0.2) is 0 Å². The maximum Gasteiger partial charge on any atom is 0.272 e. The molecular weight excluding hydrogens is 290 g/mol. The van der Waals surface area contributed by atoms with E-state index in [1.54, 1.807) is 18.0 Å². The lowest BCUT2D eigenvalue weighted by Gasteiger charge is -2.16. The Hall–Kier alpha value is -2.69. The summed E-state index contributed by atoms with van der Waals surface area (Å²) in [4.78, 5) is 30.3. The maximum absolute atomic E-state index is 12.3. The molecule has 1 aromatic carbocycles. The van der Waals surface area contributed by atoms with E-state index in [9.17, 15) is 9.59 Å². The van der Waals surface area contributed by atoms with E-state index in [-0.39, 0.29) is 17.5 Å². The van der Waals surface area contributed by atoms with Gasteiger partial charge in [0.1, 0.15) is 5.69 Å². The number of para-hydroxylation sites is 1. The molecule has 0 spiro atoms. The summed E-state index contributed by atoms with van der Waals surface area (Å²) in [5, 5.41) is 2.80. The highest BCUT2D eigenvalue weighted by atomic mass is 16.2. The Balaban J connectivity index is 2.10. The quantitative estimate of drug-likeness (QED) is 0.891. The SMILES string of the molecule is CCCCN(C)C(=O)c1cc(C(=O)Nc2ccccc2)ccn1. The highest BCUT2D eigenvalue weighted by Crippen LogP contribution is 2.10. The molecule has 120 valence electrons. The molecule has 0 bridgehead atoms. The van der Waals surface area contributed by atoms with Crippen LogP contribution in [0.1, 0.15) is 40.6 Å². The number of anilines is 1. The van der Waals surface area contributed by atoms with Crippen LogP contribution in [0.5, 0.6) is 0 Å². The van der Waals surface area contributed by atoms with E-state index in [0.717, 1.165) is 12.8 Å². The lowest BCUT2D eigenvalue weighted by atomic mass is 10.2. The molecule has 0 radical (unpaired) electrons. The fraction of sp³-hybridized carbons (Fsp3) is 0.278. The molecule has 1 N–H and O–H groups in total. The van der Waals surface area contributed by atoms with Crippen LogP contribution < -0.4 is 5.32 Å². The number of carbonyl (C=O) groups is 2. The van der Waals surface area contributed by atoms with Crippen molar-refractivity contribution in [1.82, 2.24) is 9.88 Å². The number of carbonyl (C=O) groups excluding carboxylic acids is 2. The number of unbranched alkanes of at least 4 members (excludes halogenated alkanes) is 1. The average molecular weight is 311 g/mol. The van der Waals surface area contributed by atoms with Crippen molar-refractivity contribution < 1.29 is 9.59 Å². The summed E-state index contributed by atoms with van der Waals surface area (Å²) in [6.07, 6.45) is 3.45. The number of hydrogen-bond donors (Lipinski definition) is 1. The molecule has 0 aliphatic carbocycles. The summed E-state index contributed by atoms with van der Waals surface area (Å²) in [7, 11) is 1.75. The van der Waals surface area contributed by atoms with Gasteiger partial charge in [0.2, 0.25) is 0 Å². The lowest BCUT2D eigenvalue weighted by Crippen LogP contribution is -2.28. The van der Waals surface area contributed by atoms with Crippen molar-refractivity contribution in [3.8, 4) is 0 Å². The van der Waals surface area contributed by atoms with Gasteiger partial charge in [0.15, 0.2) is 0 Å². The van der Waals surface area contributed by atoms with Crippen LogP contribution >= 0.6 is 0 Å². The van der Waals surface area contributed by atoms with Crippen molar-refractivity contribution in [2.75, 3.05) is 18.9 Å². The maximum atomic E-state index is 12.3. The molecule has 0 fully saturated rings. The minimum atomic E-state index is -0.260. The molecule has 2 amide bonds. The number of nitrogens with one attached hydrogen (secondary N) is 1. The first kappa shape index (κ1) is 16.7. The molecule has 0 unspecified atom stereocenters. The van der Waals surface area contributed by atoms with Gasteiger partial charge in [0, 0.05) is 31.0 Å². The Labute approximate surface area is 136 Å².